The Labute approximate surface area is 112 Å². The summed E-state index contributed by atoms with van der Waals surface area (Å²) in [5, 5.41) is 3.03. The lowest BCUT2D eigenvalue weighted by Gasteiger charge is -1.94. The maximum absolute atomic E-state index is 3.03. The van der Waals surface area contributed by atoms with Gasteiger partial charge in [0, 0.05) is 12.7 Å². The second kappa shape index (κ2) is 10.4. The lowest BCUT2D eigenvalue weighted by atomic mass is 10.1. The first kappa shape index (κ1) is 16.2. The van der Waals surface area contributed by atoms with Gasteiger partial charge in [-0.05, 0) is 37.1 Å². The Hall–Kier alpha value is -1.76. The maximum Gasteiger partial charge on any atom is 0.0337 e. The van der Waals surface area contributed by atoms with E-state index >= 15 is 0 Å². The number of anilines is 1. The molecule has 0 saturated heterocycles. The molecule has 0 atom stereocenters. The average Bonchev–Trinajstić information content (AvgIpc) is 2.46. The third-order valence-corrected chi connectivity index (χ3v) is 2.49. The first-order valence-electron chi connectivity index (χ1n) is 6.49. The minimum Gasteiger partial charge on any atom is -0.388 e. The van der Waals surface area contributed by atoms with Crippen molar-refractivity contribution in [1.29, 1.82) is 0 Å². The van der Waals surface area contributed by atoms with Gasteiger partial charge in [0.15, 0.2) is 0 Å². The van der Waals surface area contributed by atoms with Crippen molar-refractivity contribution >= 4 is 5.69 Å². The number of benzene rings is 2. The molecule has 0 amide bonds. The minimum atomic E-state index is 1.16. The van der Waals surface area contributed by atoms with Crippen LogP contribution in [-0.2, 0) is 0 Å². The fourth-order valence-electron chi connectivity index (χ4n) is 1.27. The molecule has 1 N–H and O–H groups in total. The number of aryl methyl sites for hydroxylation is 2. The molecule has 0 fully saturated rings. The first-order valence-corrected chi connectivity index (χ1v) is 6.49. The van der Waals surface area contributed by atoms with Crippen LogP contribution in [0, 0.1) is 13.8 Å². The van der Waals surface area contributed by atoms with Crippen molar-refractivity contribution in [3.05, 3.63) is 65.7 Å². The van der Waals surface area contributed by atoms with Gasteiger partial charge in [0.2, 0.25) is 0 Å². The monoisotopic (exact) mass is 243 g/mol. The number of nitrogens with one attached hydrogen (secondary N) is 1. The van der Waals surface area contributed by atoms with Crippen molar-refractivity contribution in [2.45, 2.75) is 27.7 Å². The third-order valence-electron chi connectivity index (χ3n) is 2.49. The molecule has 0 radical (unpaired) electrons. The van der Waals surface area contributed by atoms with Gasteiger partial charge >= 0.3 is 0 Å². The van der Waals surface area contributed by atoms with E-state index < -0.39 is 0 Å². The molecule has 0 aliphatic heterocycles. The summed E-state index contributed by atoms with van der Waals surface area (Å²) >= 11 is 0. The molecule has 0 bridgehead atoms. The highest BCUT2D eigenvalue weighted by molar-refractivity contribution is 5.41. The average molecular weight is 243 g/mol. The summed E-state index contributed by atoms with van der Waals surface area (Å²) in [5.41, 5.74) is 3.90. The Morgan fingerprint density at radius 3 is 1.33 bits per heavy atom. The van der Waals surface area contributed by atoms with Gasteiger partial charge in [0.25, 0.3) is 0 Å². The van der Waals surface area contributed by atoms with Crippen molar-refractivity contribution in [1.82, 2.24) is 0 Å². The zero-order valence-corrected chi connectivity index (χ0v) is 12.2. The lowest BCUT2D eigenvalue weighted by molar-refractivity contribution is 1.34. The lowest BCUT2D eigenvalue weighted by Crippen LogP contribution is -1.84. The van der Waals surface area contributed by atoms with Crippen LogP contribution in [0.4, 0.5) is 5.69 Å². The molecule has 2 aromatic carbocycles. The Bertz CT molecular complexity index is 386. The van der Waals surface area contributed by atoms with Crippen molar-refractivity contribution in [2.75, 3.05) is 12.4 Å². The van der Waals surface area contributed by atoms with E-state index in [2.05, 4.69) is 43.4 Å². The fourth-order valence-corrected chi connectivity index (χ4v) is 1.27. The highest BCUT2D eigenvalue weighted by Gasteiger charge is 1.83. The van der Waals surface area contributed by atoms with E-state index in [1.54, 1.807) is 0 Å². The predicted octanol–water partition coefficient (Wildman–Crippen LogP) is 5.06. The number of hydrogen-bond donors (Lipinski definition) is 1. The zero-order chi connectivity index (χ0) is 13.8. The number of hydrogen-bond acceptors (Lipinski definition) is 1. The molecule has 0 heterocycles. The highest BCUT2D eigenvalue weighted by Crippen LogP contribution is 2.02. The Kier molecular flexibility index (Phi) is 9.38. The molecule has 2 aromatic rings. The zero-order valence-electron chi connectivity index (χ0n) is 12.2. The summed E-state index contributed by atoms with van der Waals surface area (Å²) in [6.45, 7) is 8.24. The van der Waals surface area contributed by atoms with Gasteiger partial charge in [0.05, 0.1) is 0 Å². The summed E-state index contributed by atoms with van der Waals surface area (Å²) in [5.74, 6) is 0. The van der Waals surface area contributed by atoms with E-state index in [9.17, 15) is 0 Å². The van der Waals surface area contributed by atoms with E-state index in [1.165, 1.54) is 11.1 Å². The smallest absolute Gasteiger partial charge is 0.0337 e. The standard InChI is InChI=1S/C8H10.C7H9N.C2H6/c1-7-5-3-4-6-8(7)2;1-8-7-5-3-2-4-6-7;1-2/h3-6H,1-2H3;2-6,8H,1H3;1-2H3. The molecule has 1 nitrogen and oxygen atoms in total. The second-order valence-electron chi connectivity index (χ2n) is 3.70. The van der Waals surface area contributed by atoms with Gasteiger partial charge in [-0.1, -0.05) is 56.3 Å². The third kappa shape index (κ3) is 6.74. The van der Waals surface area contributed by atoms with Crippen LogP contribution in [0.2, 0.25) is 0 Å². The van der Waals surface area contributed by atoms with Crippen molar-refractivity contribution in [3.8, 4) is 0 Å². The summed E-state index contributed by atoms with van der Waals surface area (Å²) in [6.07, 6.45) is 0. The van der Waals surface area contributed by atoms with Gasteiger partial charge in [0.1, 0.15) is 0 Å². The molecule has 98 valence electrons. The van der Waals surface area contributed by atoms with Crippen LogP contribution >= 0.6 is 0 Å². The summed E-state index contributed by atoms with van der Waals surface area (Å²) in [6, 6.07) is 18.4. The molecule has 0 saturated carbocycles. The SMILES string of the molecule is CC.CNc1ccccc1.Cc1ccccc1C. The molecule has 1 heteroatoms. The first-order chi connectivity index (χ1) is 8.74. The van der Waals surface area contributed by atoms with Crippen LogP contribution in [0.3, 0.4) is 0 Å². The minimum absolute atomic E-state index is 1.16. The van der Waals surface area contributed by atoms with Crippen LogP contribution in [0.15, 0.2) is 54.6 Å². The van der Waals surface area contributed by atoms with Gasteiger partial charge < -0.3 is 5.32 Å². The maximum atomic E-state index is 3.03. The molecule has 18 heavy (non-hydrogen) atoms. The topological polar surface area (TPSA) is 12.0 Å². The van der Waals surface area contributed by atoms with E-state index in [0.717, 1.165) is 5.69 Å². The molecule has 2 rings (SSSR count). The van der Waals surface area contributed by atoms with Crippen LogP contribution in [0.1, 0.15) is 25.0 Å². The van der Waals surface area contributed by atoms with Crippen LogP contribution in [0.25, 0.3) is 0 Å². The van der Waals surface area contributed by atoms with Gasteiger partial charge in [-0.2, -0.15) is 0 Å². The second-order valence-corrected chi connectivity index (χ2v) is 3.70. The Balaban J connectivity index is 0.000000283. The predicted molar refractivity (Wildman–Crippen MR) is 83.3 cm³/mol. The van der Waals surface area contributed by atoms with Crippen molar-refractivity contribution in [2.24, 2.45) is 0 Å². The normalized spacial score (nSPS) is 8.28. The van der Waals surface area contributed by atoms with E-state index in [-0.39, 0.29) is 0 Å². The van der Waals surface area contributed by atoms with Crippen molar-refractivity contribution < 1.29 is 0 Å². The summed E-state index contributed by atoms with van der Waals surface area (Å²) in [7, 11) is 1.91. The molecule has 0 unspecified atom stereocenters. The van der Waals surface area contributed by atoms with Gasteiger partial charge in [-0.3, -0.25) is 0 Å². The molecule has 0 aromatic heterocycles. The molecular formula is C17H25N. The van der Waals surface area contributed by atoms with Crippen LogP contribution in [-0.4, -0.2) is 7.05 Å². The van der Waals surface area contributed by atoms with Gasteiger partial charge in [-0.15, -0.1) is 0 Å². The quantitative estimate of drug-likeness (QED) is 0.738. The fraction of sp³-hybridized carbons (Fsp3) is 0.294. The summed E-state index contributed by atoms with van der Waals surface area (Å²) < 4.78 is 0. The molecule has 0 spiro atoms. The molecule has 0 aliphatic carbocycles. The van der Waals surface area contributed by atoms with Gasteiger partial charge in [-0.25, -0.2) is 0 Å². The van der Waals surface area contributed by atoms with E-state index in [4.69, 9.17) is 0 Å². The van der Waals surface area contributed by atoms with E-state index in [1.807, 2.05) is 51.2 Å². The molecule has 0 aliphatic rings. The largest absolute Gasteiger partial charge is 0.388 e. The highest BCUT2D eigenvalue weighted by atomic mass is 14.8. The Morgan fingerprint density at radius 1 is 0.667 bits per heavy atom. The van der Waals surface area contributed by atoms with Crippen molar-refractivity contribution in [3.63, 3.8) is 0 Å². The number of rotatable bonds is 1. The number of para-hydroxylation sites is 1. The Morgan fingerprint density at radius 2 is 1.06 bits per heavy atom. The van der Waals surface area contributed by atoms with E-state index in [0.29, 0.717) is 0 Å². The summed E-state index contributed by atoms with van der Waals surface area (Å²) in [4.78, 5) is 0. The van der Waals surface area contributed by atoms with Crippen LogP contribution < -0.4 is 5.32 Å². The molecular weight excluding hydrogens is 218 g/mol. The van der Waals surface area contributed by atoms with Crippen LogP contribution in [0.5, 0.6) is 0 Å².